The fourth-order valence-electron chi connectivity index (χ4n) is 3.84. The third kappa shape index (κ3) is 3.11. The number of benzene rings is 3. The number of para-hydroxylation sites is 1. The smallest absolute Gasteiger partial charge is 0.174 e. The van der Waals surface area contributed by atoms with Crippen molar-refractivity contribution in [2.75, 3.05) is 0 Å². The molecule has 4 rings (SSSR count). The Morgan fingerprint density at radius 1 is 0.929 bits per heavy atom. The number of rotatable bonds is 4. The first-order valence-electron chi connectivity index (χ1n) is 9.13. The molecule has 0 N–H and O–H groups in total. The molecule has 0 spiro atoms. The molecule has 0 aromatic heterocycles. The Bertz CT molecular complexity index is 1070. The van der Waals surface area contributed by atoms with E-state index in [0.29, 0.717) is 17.1 Å². The van der Waals surface area contributed by atoms with Gasteiger partial charge in [0.05, 0.1) is 5.92 Å². The van der Waals surface area contributed by atoms with Crippen LogP contribution in [0.1, 0.15) is 39.9 Å². The molecule has 140 valence electrons. The fraction of sp³-hybridized carbons (Fsp3) is 0.167. The van der Waals surface area contributed by atoms with Crippen molar-refractivity contribution in [2.45, 2.75) is 19.8 Å². The van der Waals surface area contributed by atoms with E-state index in [4.69, 9.17) is 4.74 Å². The topological polar surface area (TPSA) is 43.4 Å². The van der Waals surface area contributed by atoms with Crippen LogP contribution in [0.4, 0.5) is 4.39 Å². The molecule has 4 heteroatoms. The molecule has 1 aliphatic rings. The Hall–Kier alpha value is -3.27. The Morgan fingerprint density at radius 3 is 2.32 bits per heavy atom. The second-order valence-electron chi connectivity index (χ2n) is 7.12. The number of hydrogen-bond acceptors (Lipinski definition) is 3. The van der Waals surface area contributed by atoms with E-state index in [9.17, 15) is 14.0 Å². The van der Waals surface area contributed by atoms with E-state index in [2.05, 4.69) is 0 Å². The number of halogens is 1. The predicted octanol–water partition coefficient (Wildman–Crippen LogP) is 5.46. The van der Waals surface area contributed by atoms with Gasteiger partial charge >= 0.3 is 0 Å². The largest absolute Gasteiger partial charge is 0.457 e. The van der Waals surface area contributed by atoms with Gasteiger partial charge in [0.15, 0.2) is 5.78 Å². The van der Waals surface area contributed by atoms with Crippen molar-refractivity contribution >= 4 is 11.6 Å². The third-order valence-electron chi connectivity index (χ3n) is 5.16. The number of ketones is 2. The van der Waals surface area contributed by atoms with Crippen LogP contribution in [-0.2, 0) is 4.79 Å². The monoisotopic (exact) mass is 374 g/mol. The van der Waals surface area contributed by atoms with E-state index in [0.717, 1.165) is 16.7 Å². The molecule has 1 aliphatic heterocycles. The molecular weight excluding hydrogens is 355 g/mol. The quantitative estimate of drug-likeness (QED) is 0.450. The second-order valence-corrected chi connectivity index (χ2v) is 7.12. The molecule has 1 heterocycles. The molecule has 0 bridgehead atoms. The highest BCUT2D eigenvalue weighted by molar-refractivity contribution is 6.11. The van der Waals surface area contributed by atoms with Crippen LogP contribution in [0.5, 0.6) is 11.5 Å². The zero-order valence-electron chi connectivity index (χ0n) is 15.6. The van der Waals surface area contributed by atoms with E-state index < -0.39 is 17.7 Å². The van der Waals surface area contributed by atoms with Gasteiger partial charge in [0.2, 0.25) is 0 Å². The first-order valence-corrected chi connectivity index (χ1v) is 9.13. The van der Waals surface area contributed by atoms with E-state index in [1.807, 2.05) is 49.4 Å². The second kappa shape index (κ2) is 7.04. The van der Waals surface area contributed by atoms with E-state index >= 15 is 0 Å². The predicted molar refractivity (Wildman–Crippen MR) is 104 cm³/mol. The van der Waals surface area contributed by atoms with Crippen molar-refractivity contribution in [1.82, 2.24) is 0 Å². The van der Waals surface area contributed by atoms with Gasteiger partial charge in [-0.2, -0.15) is 0 Å². The Balaban J connectivity index is 1.89. The first kappa shape index (κ1) is 18.1. The standard InChI is InChI=1S/C24H19FO3/c1-14-7-12-21-19(13-14)23(18-5-3-4-6-20(18)28-21)22(15(2)26)24(27)16-8-10-17(25)11-9-16/h3-13,22-23H,1-2H3/t22-,23-/m1/s1. The lowest BCUT2D eigenvalue weighted by Crippen LogP contribution is -2.31. The summed E-state index contributed by atoms with van der Waals surface area (Å²) in [7, 11) is 0. The molecule has 0 amide bonds. The van der Waals surface area contributed by atoms with E-state index in [-0.39, 0.29) is 11.6 Å². The minimum atomic E-state index is -0.920. The molecule has 28 heavy (non-hydrogen) atoms. The Morgan fingerprint density at radius 2 is 1.61 bits per heavy atom. The van der Waals surface area contributed by atoms with Crippen LogP contribution in [0.15, 0.2) is 66.7 Å². The van der Waals surface area contributed by atoms with Crippen molar-refractivity contribution in [2.24, 2.45) is 5.92 Å². The van der Waals surface area contributed by atoms with Crippen molar-refractivity contribution in [1.29, 1.82) is 0 Å². The maximum Gasteiger partial charge on any atom is 0.174 e. The molecule has 0 saturated heterocycles. The van der Waals surface area contributed by atoms with Gasteiger partial charge in [-0.25, -0.2) is 4.39 Å². The molecule has 0 radical (unpaired) electrons. The van der Waals surface area contributed by atoms with E-state index in [1.165, 1.54) is 31.2 Å². The number of carbonyl (C=O) groups excluding carboxylic acids is 2. The van der Waals surface area contributed by atoms with Gasteiger partial charge in [0.25, 0.3) is 0 Å². The van der Waals surface area contributed by atoms with Crippen LogP contribution in [0.2, 0.25) is 0 Å². The zero-order chi connectivity index (χ0) is 19.8. The van der Waals surface area contributed by atoms with Crippen molar-refractivity contribution < 1.29 is 18.7 Å². The van der Waals surface area contributed by atoms with Crippen LogP contribution >= 0.6 is 0 Å². The highest BCUT2D eigenvalue weighted by Gasteiger charge is 2.40. The summed E-state index contributed by atoms with van der Waals surface area (Å²) in [6.45, 7) is 3.39. The zero-order valence-corrected chi connectivity index (χ0v) is 15.6. The van der Waals surface area contributed by atoms with Gasteiger partial charge in [-0.3, -0.25) is 9.59 Å². The molecular formula is C24H19FO3. The van der Waals surface area contributed by atoms with Gasteiger partial charge < -0.3 is 4.74 Å². The van der Waals surface area contributed by atoms with Crippen molar-refractivity contribution in [3.63, 3.8) is 0 Å². The summed E-state index contributed by atoms with van der Waals surface area (Å²) in [5.74, 6) is -1.07. The SMILES string of the molecule is CC(=O)[C@@H](C(=O)c1ccc(F)cc1)[C@@H]1c2ccccc2Oc2ccc(C)cc21. The molecule has 3 nitrogen and oxygen atoms in total. The lowest BCUT2D eigenvalue weighted by atomic mass is 9.73. The average Bonchev–Trinajstić information content (AvgIpc) is 2.68. The number of fused-ring (bicyclic) bond motifs is 2. The summed E-state index contributed by atoms with van der Waals surface area (Å²) in [4.78, 5) is 26.0. The van der Waals surface area contributed by atoms with Crippen LogP contribution in [0, 0.1) is 18.7 Å². The lowest BCUT2D eigenvalue weighted by molar-refractivity contribution is -0.119. The minimum Gasteiger partial charge on any atom is -0.457 e. The molecule has 0 aliphatic carbocycles. The van der Waals surface area contributed by atoms with E-state index in [1.54, 1.807) is 0 Å². The van der Waals surface area contributed by atoms with Gasteiger partial charge in [0, 0.05) is 22.6 Å². The molecule has 3 aromatic rings. The number of Topliss-reactive ketones (excluding diaryl/α,β-unsaturated/α-hetero) is 2. The number of carbonyl (C=O) groups is 2. The average molecular weight is 374 g/mol. The van der Waals surface area contributed by atoms with Crippen LogP contribution in [0.25, 0.3) is 0 Å². The molecule has 0 unspecified atom stereocenters. The maximum atomic E-state index is 13.3. The lowest BCUT2D eigenvalue weighted by Gasteiger charge is -2.32. The molecule has 3 aromatic carbocycles. The van der Waals surface area contributed by atoms with Gasteiger partial charge in [-0.05, 0) is 50.2 Å². The minimum absolute atomic E-state index is 0.233. The highest BCUT2D eigenvalue weighted by Crippen LogP contribution is 2.48. The number of ether oxygens (including phenoxy) is 1. The van der Waals surface area contributed by atoms with Crippen LogP contribution in [-0.4, -0.2) is 11.6 Å². The summed E-state index contributed by atoms with van der Waals surface area (Å²) in [5.41, 5.74) is 2.95. The van der Waals surface area contributed by atoms with Crippen molar-refractivity contribution in [3.8, 4) is 11.5 Å². The summed E-state index contributed by atoms with van der Waals surface area (Å²) in [5, 5.41) is 0. The summed E-state index contributed by atoms with van der Waals surface area (Å²) in [6.07, 6.45) is 0. The van der Waals surface area contributed by atoms with Crippen LogP contribution in [0.3, 0.4) is 0 Å². The van der Waals surface area contributed by atoms with Gasteiger partial charge in [-0.1, -0.05) is 35.9 Å². The number of aryl methyl sites for hydroxylation is 1. The Kier molecular flexibility index (Phi) is 4.55. The normalized spacial score (nSPS) is 15.8. The third-order valence-corrected chi connectivity index (χ3v) is 5.16. The number of hydrogen-bond donors (Lipinski definition) is 0. The van der Waals surface area contributed by atoms with Gasteiger partial charge in [0.1, 0.15) is 23.1 Å². The van der Waals surface area contributed by atoms with Gasteiger partial charge in [-0.15, -0.1) is 0 Å². The molecule has 0 fully saturated rings. The van der Waals surface area contributed by atoms with Crippen molar-refractivity contribution in [3.05, 3.63) is 94.8 Å². The molecule has 0 saturated carbocycles. The first-order chi connectivity index (χ1) is 13.5. The fourth-order valence-corrected chi connectivity index (χ4v) is 3.84. The summed E-state index contributed by atoms with van der Waals surface area (Å²) in [6, 6.07) is 18.6. The van der Waals surface area contributed by atoms with Crippen LogP contribution < -0.4 is 4.74 Å². The Labute approximate surface area is 162 Å². The summed E-state index contributed by atoms with van der Waals surface area (Å²) >= 11 is 0. The maximum absolute atomic E-state index is 13.3. The summed E-state index contributed by atoms with van der Waals surface area (Å²) < 4.78 is 19.3. The molecule has 2 atom stereocenters. The highest BCUT2D eigenvalue weighted by atomic mass is 19.1.